The number of ether oxygens (including phenoxy) is 1. The number of amides is 3. The van der Waals surface area contributed by atoms with Crippen molar-refractivity contribution < 1.29 is 28.3 Å². The van der Waals surface area contributed by atoms with Gasteiger partial charge in [0.2, 0.25) is 11.8 Å². The zero-order valence-corrected chi connectivity index (χ0v) is 15.9. The summed E-state index contributed by atoms with van der Waals surface area (Å²) in [6.45, 7) is -0.134. The molecular weight excluding hydrogens is 379 g/mol. The van der Waals surface area contributed by atoms with E-state index in [2.05, 4.69) is 5.32 Å². The minimum atomic E-state index is -0.646. The summed E-state index contributed by atoms with van der Waals surface area (Å²) in [6.07, 6.45) is 5.28. The number of halogens is 1. The van der Waals surface area contributed by atoms with Crippen molar-refractivity contribution in [2.24, 2.45) is 11.8 Å². The lowest BCUT2D eigenvalue weighted by Gasteiger charge is -2.14. The molecule has 0 spiro atoms. The number of fused-ring (bicyclic) bond motifs is 1. The van der Waals surface area contributed by atoms with E-state index >= 15 is 0 Å². The van der Waals surface area contributed by atoms with Crippen molar-refractivity contribution in [2.45, 2.75) is 25.7 Å². The predicted octanol–water partition coefficient (Wildman–Crippen LogP) is 1.37. The number of allylic oxidation sites excluding steroid dienone is 2. The fraction of sp³-hybridized carbons (Fsp3) is 0.429. The quantitative estimate of drug-likeness (QED) is 0.403. The number of hydrogen-bond acceptors (Lipinski definition) is 5. The second-order valence-electron chi connectivity index (χ2n) is 7.12. The highest BCUT2D eigenvalue weighted by Gasteiger charge is 2.46. The topological polar surface area (TPSA) is 92.8 Å². The van der Waals surface area contributed by atoms with Crippen LogP contribution in [0.2, 0.25) is 0 Å². The highest BCUT2D eigenvalue weighted by Crippen LogP contribution is 2.34. The van der Waals surface area contributed by atoms with Crippen molar-refractivity contribution in [3.05, 3.63) is 47.8 Å². The van der Waals surface area contributed by atoms with Gasteiger partial charge < -0.3 is 10.1 Å². The van der Waals surface area contributed by atoms with Crippen LogP contribution in [-0.4, -0.2) is 48.3 Å². The molecule has 0 saturated carbocycles. The van der Waals surface area contributed by atoms with E-state index in [1.54, 1.807) is 12.1 Å². The number of likely N-dealkylation sites (tertiary alicyclic amines) is 1. The Kier molecular flexibility index (Phi) is 6.74. The first-order chi connectivity index (χ1) is 14.0. The van der Waals surface area contributed by atoms with Gasteiger partial charge in [-0.05, 0) is 37.0 Å². The maximum absolute atomic E-state index is 12.8. The Balaban J connectivity index is 1.33. The minimum Gasteiger partial charge on any atom is -0.456 e. The summed E-state index contributed by atoms with van der Waals surface area (Å²) < 4.78 is 17.7. The van der Waals surface area contributed by atoms with Gasteiger partial charge in [-0.2, -0.15) is 0 Å². The standard InChI is InChI=1S/C21H23FN2O5/c22-15-7-5-14(6-8-15)9-11-23-18(25)13-29-19(26)10-12-24-20(27)16-3-1-2-4-17(16)21(24)28/h1-2,5-8,16-17H,3-4,9-13H2,(H,23,25)/t16-,17-/m1/s1. The molecule has 2 atom stereocenters. The van der Waals surface area contributed by atoms with E-state index in [9.17, 15) is 23.6 Å². The first-order valence-electron chi connectivity index (χ1n) is 9.62. The molecule has 1 saturated heterocycles. The van der Waals surface area contributed by atoms with Crippen LogP contribution in [0.5, 0.6) is 0 Å². The molecule has 0 radical (unpaired) electrons. The summed E-state index contributed by atoms with van der Waals surface area (Å²) in [6, 6.07) is 5.96. The molecule has 1 fully saturated rings. The number of imide groups is 1. The zero-order valence-electron chi connectivity index (χ0n) is 15.9. The number of benzene rings is 1. The molecule has 0 aromatic heterocycles. The maximum Gasteiger partial charge on any atom is 0.308 e. The summed E-state index contributed by atoms with van der Waals surface area (Å²) >= 11 is 0. The lowest BCUT2D eigenvalue weighted by molar-refractivity contribution is -0.149. The average molecular weight is 402 g/mol. The van der Waals surface area contributed by atoms with Crippen molar-refractivity contribution in [3.8, 4) is 0 Å². The van der Waals surface area contributed by atoms with Gasteiger partial charge in [0, 0.05) is 13.1 Å². The van der Waals surface area contributed by atoms with Gasteiger partial charge in [0.1, 0.15) is 5.82 Å². The number of carbonyl (C=O) groups is 4. The van der Waals surface area contributed by atoms with Gasteiger partial charge in [-0.3, -0.25) is 24.1 Å². The van der Waals surface area contributed by atoms with Gasteiger partial charge in [0.15, 0.2) is 6.61 Å². The van der Waals surface area contributed by atoms with Crippen LogP contribution in [0, 0.1) is 17.7 Å². The van der Waals surface area contributed by atoms with E-state index in [0.29, 0.717) is 25.8 Å². The van der Waals surface area contributed by atoms with Gasteiger partial charge in [0.25, 0.3) is 5.91 Å². The first kappa shape index (κ1) is 20.7. The number of rotatable bonds is 8. The molecule has 3 amide bonds. The molecular formula is C21H23FN2O5. The molecule has 1 aromatic rings. The Bertz CT molecular complexity index is 795. The fourth-order valence-corrected chi connectivity index (χ4v) is 3.56. The third-order valence-electron chi connectivity index (χ3n) is 5.15. The van der Waals surface area contributed by atoms with Crippen LogP contribution in [0.15, 0.2) is 36.4 Å². The second-order valence-corrected chi connectivity index (χ2v) is 7.12. The fourth-order valence-electron chi connectivity index (χ4n) is 3.56. The summed E-state index contributed by atoms with van der Waals surface area (Å²) in [7, 11) is 0. The molecule has 29 heavy (non-hydrogen) atoms. The smallest absolute Gasteiger partial charge is 0.308 e. The molecule has 1 aromatic carbocycles. The van der Waals surface area contributed by atoms with E-state index in [1.165, 1.54) is 12.1 Å². The van der Waals surface area contributed by atoms with Gasteiger partial charge in [-0.1, -0.05) is 24.3 Å². The van der Waals surface area contributed by atoms with Crippen LogP contribution in [0.25, 0.3) is 0 Å². The highest BCUT2D eigenvalue weighted by molar-refractivity contribution is 6.05. The Hall–Kier alpha value is -3.03. The lowest BCUT2D eigenvalue weighted by Crippen LogP contribution is -2.34. The Morgan fingerprint density at radius 1 is 1.07 bits per heavy atom. The van der Waals surface area contributed by atoms with Crippen LogP contribution in [0.1, 0.15) is 24.8 Å². The van der Waals surface area contributed by atoms with Crippen molar-refractivity contribution in [1.29, 1.82) is 0 Å². The van der Waals surface area contributed by atoms with Crippen molar-refractivity contribution >= 4 is 23.7 Å². The number of esters is 1. The van der Waals surface area contributed by atoms with Crippen LogP contribution in [0.3, 0.4) is 0 Å². The number of hydrogen-bond donors (Lipinski definition) is 1. The summed E-state index contributed by atoms with van der Waals surface area (Å²) in [5.74, 6) is -2.55. The number of nitrogens with one attached hydrogen (secondary N) is 1. The van der Waals surface area contributed by atoms with E-state index in [-0.39, 0.29) is 42.4 Å². The number of carbonyl (C=O) groups excluding carboxylic acids is 4. The zero-order chi connectivity index (χ0) is 20.8. The van der Waals surface area contributed by atoms with Crippen molar-refractivity contribution in [2.75, 3.05) is 19.7 Å². The lowest BCUT2D eigenvalue weighted by atomic mass is 9.85. The van der Waals surface area contributed by atoms with Crippen molar-refractivity contribution in [1.82, 2.24) is 10.2 Å². The first-order valence-corrected chi connectivity index (χ1v) is 9.62. The Morgan fingerprint density at radius 3 is 2.31 bits per heavy atom. The molecule has 154 valence electrons. The van der Waals surface area contributed by atoms with Gasteiger partial charge in [-0.15, -0.1) is 0 Å². The second kappa shape index (κ2) is 9.45. The molecule has 1 aliphatic carbocycles. The van der Waals surface area contributed by atoms with E-state index in [1.807, 2.05) is 12.2 Å². The molecule has 2 aliphatic rings. The predicted molar refractivity (Wildman–Crippen MR) is 101 cm³/mol. The minimum absolute atomic E-state index is 0.0321. The largest absolute Gasteiger partial charge is 0.456 e. The van der Waals surface area contributed by atoms with Crippen molar-refractivity contribution in [3.63, 3.8) is 0 Å². The normalized spacial score (nSPS) is 20.5. The molecule has 3 rings (SSSR count). The maximum atomic E-state index is 12.8. The third kappa shape index (κ3) is 5.28. The third-order valence-corrected chi connectivity index (χ3v) is 5.15. The molecule has 1 N–H and O–H groups in total. The van der Waals surface area contributed by atoms with Gasteiger partial charge >= 0.3 is 5.97 Å². The monoisotopic (exact) mass is 402 g/mol. The summed E-state index contributed by atoms with van der Waals surface area (Å²) in [4.78, 5) is 49.4. The number of nitrogens with zero attached hydrogens (tertiary/aromatic N) is 1. The van der Waals surface area contributed by atoms with Crippen LogP contribution < -0.4 is 5.32 Å². The van der Waals surface area contributed by atoms with E-state index in [4.69, 9.17) is 4.74 Å². The molecule has 1 heterocycles. The summed E-state index contributed by atoms with van der Waals surface area (Å²) in [5, 5.41) is 2.61. The van der Waals surface area contributed by atoms with E-state index < -0.39 is 18.5 Å². The Labute approximate surface area is 167 Å². The SMILES string of the molecule is O=C(COC(=O)CCN1C(=O)[C@@H]2CC=CC[C@H]2C1=O)NCCc1ccc(F)cc1. The molecule has 0 bridgehead atoms. The van der Waals surface area contributed by atoms with Crippen LogP contribution in [-0.2, 0) is 30.3 Å². The molecule has 8 heteroatoms. The van der Waals surface area contributed by atoms with E-state index in [0.717, 1.165) is 10.5 Å². The Morgan fingerprint density at radius 2 is 1.69 bits per heavy atom. The van der Waals surface area contributed by atoms with Crippen LogP contribution >= 0.6 is 0 Å². The molecule has 7 nitrogen and oxygen atoms in total. The van der Waals surface area contributed by atoms with Crippen LogP contribution in [0.4, 0.5) is 4.39 Å². The van der Waals surface area contributed by atoms with Gasteiger partial charge in [0.05, 0.1) is 18.3 Å². The summed E-state index contributed by atoms with van der Waals surface area (Å²) in [5.41, 5.74) is 0.874. The van der Waals surface area contributed by atoms with Gasteiger partial charge in [-0.25, -0.2) is 4.39 Å². The molecule has 0 unspecified atom stereocenters. The molecule has 1 aliphatic heterocycles. The average Bonchev–Trinajstić information content (AvgIpc) is 2.97. The highest BCUT2D eigenvalue weighted by atomic mass is 19.1.